The first kappa shape index (κ1) is 24.7. The number of halogens is 2. The van der Waals surface area contributed by atoms with Gasteiger partial charge in [-0.3, -0.25) is 4.90 Å². The highest BCUT2D eigenvalue weighted by molar-refractivity contribution is 5.66. The smallest absolute Gasteiger partial charge is 0.137 e. The minimum Gasteiger partial charge on any atom is -0.382 e. The SMILES string of the molecule is Cc1ccc(C(O)(CN2CC3CN(c4ccc(-c5ccc(F)cc5)cc4)CC3C2)Cn2cncn2)c(F)c1. The lowest BCUT2D eigenvalue weighted by Gasteiger charge is -2.34. The fourth-order valence-corrected chi connectivity index (χ4v) is 6.11. The average molecular weight is 516 g/mol. The maximum absolute atomic E-state index is 15.0. The van der Waals surface area contributed by atoms with E-state index in [2.05, 4.69) is 44.1 Å². The molecule has 0 saturated carbocycles. The quantitative estimate of drug-likeness (QED) is 0.393. The van der Waals surface area contributed by atoms with E-state index in [1.165, 1.54) is 30.2 Å². The Labute approximate surface area is 221 Å². The average Bonchev–Trinajstić information content (AvgIpc) is 3.62. The van der Waals surface area contributed by atoms with Crippen LogP contribution in [0.4, 0.5) is 14.5 Å². The molecule has 6 nitrogen and oxygen atoms in total. The number of rotatable bonds is 7. The van der Waals surface area contributed by atoms with Gasteiger partial charge in [0, 0.05) is 44.0 Å². The Morgan fingerprint density at radius 1 is 0.868 bits per heavy atom. The van der Waals surface area contributed by atoms with E-state index < -0.39 is 11.4 Å². The molecule has 1 aromatic heterocycles. The summed E-state index contributed by atoms with van der Waals surface area (Å²) < 4.78 is 29.8. The first-order chi connectivity index (χ1) is 18.4. The summed E-state index contributed by atoms with van der Waals surface area (Å²) in [5.74, 6) is 0.321. The molecule has 2 saturated heterocycles. The van der Waals surface area contributed by atoms with E-state index in [0.717, 1.165) is 42.9 Å². The summed E-state index contributed by atoms with van der Waals surface area (Å²) >= 11 is 0. The molecule has 2 fully saturated rings. The summed E-state index contributed by atoms with van der Waals surface area (Å²) in [4.78, 5) is 8.67. The number of aromatic nitrogens is 3. The van der Waals surface area contributed by atoms with Gasteiger partial charge in [0.25, 0.3) is 0 Å². The van der Waals surface area contributed by atoms with Gasteiger partial charge in [-0.05, 0) is 65.8 Å². The molecule has 2 aliphatic rings. The third-order valence-electron chi connectivity index (χ3n) is 7.97. The normalized spacial score (nSPS) is 21.0. The molecule has 0 aliphatic carbocycles. The Hall–Kier alpha value is -3.62. The van der Waals surface area contributed by atoms with Crippen LogP contribution in [-0.4, -0.2) is 57.5 Å². The number of hydrogen-bond acceptors (Lipinski definition) is 5. The minimum absolute atomic E-state index is 0.130. The summed E-state index contributed by atoms with van der Waals surface area (Å²) in [6, 6.07) is 20.0. The molecule has 2 aliphatic heterocycles. The Morgan fingerprint density at radius 2 is 1.53 bits per heavy atom. The molecule has 1 N–H and O–H groups in total. The van der Waals surface area contributed by atoms with Crippen molar-refractivity contribution in [2.75, 3.05) is 37.6 Å². The highest BCUT2D eigenvalue weighted by atomic mass is 19.1. The van der Waals surface area contributed by atoms with E-state index >= 15 is 4.39 Å². The molecule has 0 bridgehead atoms. The Kier molecular flexibility index (Phi) is 6.45. The molecule has 6 rings (SSSR count). The summed E-state index contributed by atoms with van der Waals surface area (Å²) in [7, 11) is 0. The molecule has 3 atom stereocenters. The van der Waals surface area contributed by atoms with Gasteiger partial charge >= 0.3 is 0 Å². The van der Waals surface area contributed by atoms with E-state index in [1.54, 1.807) is 29.2 Å². The van der Waals surface area contributed by atoms with E-state index in [-0.39, 0.29) is 12.4 Å². The van der Waals surface area contributed by atoms with E-state index in [1.807, 2.05) is 13.0 Å². The maximum Gasteiger partial charge on any atom is 0.137 e. The predicted octanol–water partition coefficient (Wildman–Crippen LogP) is 4.49. The molecule has 3 unspecified atom stereocenters. The van der Waals surface area contributed by atoms with Crippen LogP contribution in [0.5, 0.6) is 0 Å². The molecular weight excluding hydrogens is 484 g/mol. The Balaban J connectivity index is 1.13. The topological polar surface area (TPSA) is 57.4 Å². The van der Waals surface area contributed by atoms with Crippen molar-refractivity contribution < 1.29 is 13.9 Å². The van der Waals surface area contributed by atoms with E-state index in [9.17, 15) is 9.50 Å². The Morgan fingerprint density at radius 3 is 2.13 bits per heavy atom. The second kappa shape index (κ2) is 9.93. The molecule has 38 heavy (non-hydrogen) atoms. The van der Waals surface area contributed by atoms with Gasteiger partial charge in [0.2, 0.25) is 0 Å². The first-order valence-electron chi connectivity index (χ1n) is 13.0. The summed E-state index contributed by atoms with van der Waals surface area (Å²) in [5.41, 5.74) is 2.92. The van der Waals surface area contributed by atoms with Crippen molar-refractivity contribution in [2.24, 2.45) is 11.8 Å². The number of β-amino-alcohol motifs (C(OH)–C–C–N with tert-alkyl or cyclic N) is 1. The zero-order valence-corrected chi connectivity index (χ0v) is 21.3. The van der Waals surface area contributed by atoms with Crippen LogP contribution in [-0.2, 0) is 12.1 Å². The van der Waals surface area contributed by atoms with Gasteiger partial charge in [0.1, 0.15) is 29.9 Å². The van der Waals surface area contributed by atoms with E-state index in [0.29, 0.717) is 23.9 Å². The predicted molar refractivity (Wildman–Crippen MR) is 143 cm³/mol. The molecule has 0 spiro atoms. The largest absolute Gasteiger partial charge is 0.382 e. The second-order valence-corrected chi connectivity index (χ2v) is 10.8. The highest BCUT2D eigenvalue weighted by Crippen LogP contribution is 2.37. The number of aliphatic hydroxyl groups is 1. The first-order valence-corrected chi connectivity index (χ1v) is 13.0. The molecule has 0 radical (unpaired) electrons. The van der Waals surface area contributed by atoms with Crippen LogP contribution in [0.1, 0.15) is 11.1 Å². The van der Waals surface area contributed by atoms with Crippen LogP contribution in [0, 0.1) is 30.4 Å². The number of likely N-dealkylation sites (tertiary alicyclic amines) is 1. The molecule has 4 aromatic rings. The Bertz CT molecular complexity index is 1380. The van der Waals surface area contributed by atoms with Crippen molar-refractivity contribution in [3.8, 4) is 11.1 Å². The molecule has 3 aromatic carbocycles. The third kappa shape index (κ3) is 4.93. The molecule has 196 valence electrons. The van der Waals surface area contributed by atoms with Gasteiger partial charge in [-0.1, -0.05) is 36.4 Å². The zero-order valence-electron chi connectivity index (χ0n) is 21.3. The minimum atomic E-state index is -1.43. The number of aryl methyl sites for hydroxylation is 1. The van der Waals surface area contributed by atoms with Crippen LogP contribution >= 0.6 is 0 Å². The fraction of sp³-hybridized carbons (Fsp3) is 0.333. The van der Waals surface area contributed by atoms with Crippen LogP contribution in [0.2, 0.25) is 0 Å². The lowest BCUT2D eigenvalue weighted by Crippen LogP contribution is -2.44. The standard InChI is InChI=1S/C30H31F2N5O/c1-21-2-11-28(29(32)12-21)30(38,18-37-20-33-19-34-37)17-35-13-24-15-36(16-25(24)14-35)27-9-5-23(6-10-27)22-3-7-26(31)8-4-22/h2-12,19-20,24-25,38H,13-18H2,1H3. The van der Waals surface area contributed by atoms with Crippen LogP contribution in [0.15, 0.2) is 79.4 Å². The van der Waals surface area contributed by atoms with Crippen molar-refractivity contribution in [1.29, 1.82) is 0 Å². The number of benzene rings is 3. The van der Waals surface area contributed by atoms with Gasteiger partial charge in [0.15, 0.2) is 0 Å². The molecule has 3 heterocycles. The summed E-state index contributed by atoms with van der Waals surface area (Å²) in [6.07, 6.45) is 2.97. The molecular formula is C30H31F2N5O. The fourth-order valence-electron chi connectivity index (χ4n) is 6.11. The lowest BCUT2D eigenvalue weighted by atomic mass is 9.91. The van der Waals surface area contributed by atoms with Gasteiger partial charge in [-0.25, -0.2) is 18.4 Å². The zero-order chi connectivity index (χ0) is 26.3. The van der Waals surface area contributed by atoms with Gasteiger partial charge in [-0.15, -0.1) is 0 Å². The molecule has 8 heteroatoms. The third-order valence-corrected chi connectivity index (χ3v) is 7.97. The monoisotopic (exact) mass is 515 g/mol. The van der Waals surface area contributed by atoms with Crippen molar-refractivity contribution in [3.63, 3.8) is 0 Å². The maximum atomic E-state index is 15.0. The van der Waals surface area contributed by atoms with Gasteiger partial charge in [0.05, 0.1) is 6.54 Å². The van der Waals surface area contributed by atoms with Gasteiger partial charge < -0.3 is 10.0 Å². The van der Waals surface area contributed by atoms with Crippen molar-refractivity contribution >= 4 is 5.69 Å². The highest BCUT2D eigenvalue weighted by Gasteiger charge is 2.44. The van der Waals surface area contributed by atoms with Crippen molar-refractivity contribution in [3.05, 3.63) is 102 Å². The number of fused-ring (bicyclic) bond motifs is 1. The molecule has 0 amide bonds. The van der Waals surface area contributed by atoms with Crippen molar-refractivity contribution in [2.45, 2.75) is 19.1 Å². The number of hydrogen-bond donors (Lipinski definition) is 1. The summed E-state index contributed by atoms with van der Waals surface area (Å²) in [5, 5.41) is 16.0. The van der Waals surface area contributed by atoms with E-state index in [4.69, 9.17) is 0 Å². The lowest BCUT2D eigenvalue weighted by molar-refractivity contribution is -0.0177. The van der Waals surface area contributed by atoms with Crippen molar-refractivity contribution in [1.82, 2.24) is 19.7 Å². The summed E-state index contributed by atoms with van der Waals surface area (Å²) in [6.45, 7) is 5.88. The number of nitrogens with zero attached hydrogens (tertiary/aromatic N) is 5. The van der Waals surface area contributed by atoms with Crippen LogP contribution < -0.4 is 4.90 Å². The second-order valence-electron chi connectivity index (χ2n) is 10.8. The van der Waals surface area contributed by atoms with Crippen LogP contribution in [0.3, 0.4) is 0 Å². The number of anilines is 1. The van der Waals surface area contributed by atoms with Crippen LogP contribution in [0.25, 0.3) is 11.1 Å². The van der Waals surface area contributed by atoms with Gasteiger partial charge in [-0.2, -0.15) is 5.10 Å².